The third-order valence-electron chi connectivity index (χ3n) is 2.21. The number of aryl methyl sites for hydroxylation is 1. The second kappa shape index (κ2) is 6.15. The zero-order chi connectivity index (χ0) is 11.9. The summed E-state index contributed by atoms with van der Waals surface area (Å²) in [6, 6.07) is 4.03. The van der Waals surface area contributed by atoms with Gasteiger partial charge >= 0.3 is 5.97 Å². The van der Waals surface area contributed by atoms with Crippen LogP contribution in [0.5, 0.6) is 0 Å². The molecule has 0 radical (unpaired) electrons. The maximum Gasteiger partial charge on any atom is 0.307 e. The molecule has 0 atom stereocenters. The summed E-state index contributed by atoms with van der Waals surface area (Å²) < 4.78 is 6.73. The second-order valence-electron chi connectivity index (χ2n) is 3.47. The van der Waals surface area contributed by atoms with Gasteiger partial charge in [-0.1, -0.05) is 11.3 Å². The van der Waals surface area contributed by atoms with Crippen LogP contribution in [-0.2, 0) is 22.5 Å². The Morgan fingerprint density at radius 1 is 1.53 bits per heavy atom. The smallest absolute Gasteiger partial charge is 0.307 e. The van der Waals surface area contributed by atoms with E-state index in [1.54, 1.807) is 28.4 Å². The predicted octanol–water partition coefficient (Wildman–Crippen LogP) is 1.52. The Bertz CT molecular complexity index is 439. The zero-order valence-corrected chi connectivity index (χ0v) is 10.1. The third kappa shape index (κ3) is 3.99. The molecule has 2 aromatic heterocycles. The van der Waals surface area contributed by atoms with E-state index >= 15 is 0 Å². The Morgan fingerprint density at radius 3 is 3.18 bits per heavy atom. The molecule has 0 bridgehead atoms. The third-order valence-corrected chi connectivity index (χ3v) is 3.14. The van der Waals surface area contributed by atoms with Gasteiger partial charge in [-0.15, -0.1) is 16.4 Å². The lowest BCUT2D eigenvalue weighted by Gasteiger charge is -2.03. The van der Waals surface area contributed by atoms with Crippen molar-refractivity contribution in [1.29, 1.82) is 0 Å². The molecule has 6 heteroatoms. The molecule has 0 saturated carbocycles. The average Bonchev–Trinajstić information content (AvgIpc) is 2.99. The molecule has 17 heavy (non-hydrogen) atoms. The number of carbonyl (C=O) groups is 1. The fourth-order valence-corrected chi connectivity index (χ4v) is 2.04. The first-order chi connectivity index (χ1) is 8.34. The van der Waals surface area contributed by atoms with Gasteiger partial charge in [-0.3, -0.25) is 9.48 Å². The number of esters is 1. The molecule has 0 saturated heterocycles. The second-order valence-corrected chi connectivity index (χ2v) is 4.50. The normalized spacial score (nSPS) is 10.4. The molecule has 0 aliphatic rings. The number of thiophene rings is 1. The van der Waals surface area contributed by atoms with Gasteiger partial charge in [0, 0.05) is 17.5 Å². The van der Waals surface area contributed by atoms with E-state index in [4.69, 9.17) is 4.74 Å². The Balaban J connectivity index is 1.61. The molecule has 0 aliphatic heterocycles. The summed E-state index contributed by atoms with van der Waals surface area (Å²) >= 11 is 1.67. The number of hydrogen-bond acceptors (Lipinski definition) is 5. The lowest BCUT2D eigenvalue weighted by atomic mass is 10.3. The highest BCUT2D eigenvalue weighted by molar-refractivity contribution is 7.09. The lowest BCUT2D eigenvalue weighted by Crippen LogP contribution is -2.11. The Morgan fingerprint density at radius 2 is 2.47 bits per heavy atom. The maximum atomic E-state index is 11.4. The Hall–Kier alpha value is -1.69. The van der Waals surface area contributed by atoms with Crippen LogP contribution in [0.15, 0.2) is 29.9 Å². The van der Waals surface area contributed by atoms with Crippen molar-refractivity contribution in [3.8, 4) is 0 Å². The van der Waals surface area contributed by atoms with E-state index in [0.29, 0.717) is 19.6 Å². The highest BCUT2D eigenvalue weighted by atomic mass is 32.1. The van der Waals surface area contributed by atoms with Crippen molar-refractivity contribution in [2.75, 3.05) is 6.61 Å². The molecule has 0 aromatic carbocycles. The molecule has 2 aromatic rings. The van der Waals surface area contributed by atoms with Gasteiger partial charge in [-0.25, -0.2) is 0 Å². The molecule has 0 spiro atoms. The molecule has 0 fully saturated rings. The van der Waals surface area contributed by atoms with Crippen LogP contribution in [0.25, 0.3) is 0 Å². The van der Waals surface area contributed by atoms with Crippen LogP contribution >= 0.6 is 11.3 Å². The predicted molar refractivity (Wildman–Crippen MR) is 63.6 cm³/mol. The van der Waals surface area contributed by atoms with Crippen LogP contribution in [0, 0.1) is 0 Å². The van der Waals surface area contributed by atoms with E-state index in [0.717, 1.165) is 6.42 Å². The molecule has 0 amide bonds. The van der Waals surface area contributed by atoms with Crippen molar-refractivity contribution in [2.45, 2.75) is 19.4 Å². The van der Waals surface area contributed by atoms with E-state index < -0.39 is 0 Å². The molecular weight excluding hydrogens is 238 g/mol. The summed E-state index contributed by atoms with van der Waals surface area (Å²) in [6.07, 6.45) is 4.42. The summed E-state index contributed by atoms with van der Waals surface area (Å²) in [7, 11) is 0. The van der Waals surface area contributed by atoms with Crippen molar-refractivity contribution in [3.05, 3.63) is 34.8 Å². The number of ether oxygens (including phenoxy) is 1. The van der Waals surface area contributed by atoms with E-state index in [9.17, 15) is 4.79 Å². The minimum Gasteiger partial charge on any atom is -0.465 e. The number of rotatable bonds is 6. The van der Waals surface area contributed by atoms with Crippen molar-refractivity contribution in [1.82, 2.24) is 15.0 Å². The van der Waals surface area contributed by atoms with E-state index in [2.05, 4.69) is 10.3 Å². The maximum absolute atomic E-state index is 11.4. The van der Waals surface area contributed by atoms with Gasteiger partial charge in [-0.05, 0) is 11.4 Å². The van der Waals surface area contributed by atoms with Gasteiger partial charge in [0.15, 0.2) is 0 Å². The standard InChI is InChI=1S/C11H13N3O2S/c15-11(3-6-14-7-5-12-13-14)16-8-4-10-2-1-9-17-10/h1-2,5,7,9H,3-4,6,8H2. The van der Waals surface area contributed by atoms with Crippen molar-refractivity contribution in [3.63, 3.8) is 0 Å². The number of hydrogen-bond donors (Lipinski definition) is 0. The molecule has 2 heterocycles. The monoisotopic (exact) mass is 251 g/mol. The average molecular weight is 251 g/mol. The number of aromatic nitrogens is 3. The van der Waals surface area contributed by atoms with Gasteiger partial charge in [-0.2, -0.15) is 0 Å². The first-order valence-electron chi connectivity index (χ1n) is 5.37. The summed E-state index contributed by atoms with van der Waals surface area (Å²) in [5.74, 6) is -0.197. The number of nitrogens with zero attached hydrogens (tertiary/aromatic N) is 3. The Labute approximate surface area is 103 Å². The molecule has 2 rings (SSSR count). The van der Waals surface area contributed by atoms with Crippen molar-refractivity contribution in [2.24, 2.45) is 0 Å². The molecule has 0 unspecified atom stereocenters. The summed E-state index contributed by atoms with van der Waals surface area (Å²) in [4.78, 5) is 12.6. The fraction of sp³-hybridized carbons (Fsp3) is 0.364. The minimum absolute atomic E-state index is 0.197. The van der Waals surface area contributed by atoms with Crippen molar-refractivity contribution < 1.29 is 9.53 Å². The molecule has 5 nitrogen and oxygen atoms in total. The van der Waals surface area contributed by atoms with Crippen LogP contribution in [0.2, 0.25) is 0 Å². The van der Waals surface area contributed by atoms with Crippen LogP contribution < -0.4 is 0 Å². The SMILES string of the molecule is O=C(CCn1ccnn1)OCCc1cccs1. The summed E-state index contributed by atoms with van der Waals surface area (Å²) in [6.45, 7) is 0.953. The van der Waals surface area contributed by atoms with Gasteiger partial charge in [0.1, 0.15) is 0 Å². The molecule has 90 valence electrons. The molecule has 0 aliphatic carbocycles. The fourth-order valence-electron chi connectivity index (χ4n) is 1.35. The van der Waals surface area contributed by atoms with Crippen LogP contribution in [0.4, 0.5) is 0 Å². The van der Waals surface area contributed by atoms with Crippen LogP contribution in [0.1, 0.15) is 11.3 Å². The van der Waals surface area contributed by atoms with Gasteiger partial charge in [0.2, 0.25) is 0 Å². The van der Waals surface area contributed by atoms with Crippen LogP contribution in [0.3, 0.4) is 0 Å². The Kier molecular flexibility index (Phi) is 4.26. The summed E-state index contributed by atoms with van der Waals surface area (Å²) in [5, 5.41) is 9.44. The zero-order valence-electron chi connectivity index (χ0n) is 9.28. The van der Waals surface area contributed by atoms with E-state index in [1.807, 2.05) is 17.5 Å². The van der Waals surface area contributed by atoms with Crippen molar-refractivity contribution >= 4 is 17.3 Å². The van der Waals surface area contributed by atoms with E-state index in [1.165, 1.54) is 4.88 Å². The lowest BCUT2D eigenvalue weighted by molar-refractivity contribution is -0.143. The number of carbonyl (C=O) groups excluding carboxylic acids is 1. The minimum atomic E-state index is -0.197. The van der Waals surface area contributed by atoms with Gasteiger partial charge in [0.05, 0.1) is 25.8 Å². The highest BCUT2D eigenvalue weighted by Crippen LogP contribution is 2.09. The first-order valence-corrected chi connectivity index (χ1v) is 6.24. The summed E-state index contributed by atoms with van der Waals surface area (Å²) in [5.41, 5.74) is 0. The molecule has 0 N–H and O–H groups in total. The van der Waals surface area contributed by atoms with Crippen LogP contribution in [-0.4, -0.2) is 27.6 Å². The molecular formula is C11H13N3O2S. The first kappa shape index (κ1) is 11.8. The topological polar surface area (TPSA) is 57.0 Å². The van der Waals surface area contributed by atoms with E-state index in [-0.39, 0.29) is 5.97 Å². The van der Waals surface area contributed by atoms with Gasteiger partial charge < -0.3 is 4.74 Å². The quantitative estimate of drug-likeness (QED) is 0.730. The van der Waals surface area contributed by atoms with Gasteiger partial charge in [0.25, 0.3) is 0 Å². The largest absolute Gasteiger partial charge is 0.465 e. The highest BCUT2D eigenvalue weighted by Gasteiger charge is 2.04.